The molecule has 0 heteroatoms. The number of hydrogen-bond donors (Lipinski definition) is 0. The molecule has 0 aromatic heterocycles. The average Bonchev–Trinajstić information content (AvgIpc) is 2.92. The van der Waals surface area contributed by atoms with Crippen molar-refractivity contribution in [2.75, 3.05) is 0 Å². The van der Waals surface area contributed by atoms with Crippen LogP contribution in [0.25, 0.3) is 0 Å². The lowest BCUT2D eigenvalue weighted by atomic mass is 9.61. The molecule has 0 spiro atoms. The summed E-state index contributed by atoms with van der Waals surface area (Å²) < 4.78 is 0. The monoisotopic (exact) mass is 575 g/mol. The van der Waals surface area contributed by atoms with Gasteiger partial charge in [0.25, 0.3) is 0 Å². The Labute approximate surface area is 262 Å². The van der Waals surface area contributed by atoms with E-state index in [0.29, 0.717) is 5.41 Å². The van der Waals surface area contributed by atoms with Gasteiger partial charge in [0.05, 0.1) is 0 Å². The molecule has 0 heterocycles. The standard InChI is InChI=1S/C41H82/c1-8-10-12-17-25-31-39-37(29-22-11-9-2)33-34-38(30-24-19-15-16-21-27-35-41(5,6)7)40(39)32-26-20-14-13-18-23-28-36(3)4/h36-40H,8-35H2,1-7H3. The van der Waals surface area contributed by atoms with E-state index in [9.17, 15) is 0 Å². The summed E-state index contributed by atoms with van der Waals surface area (Å²) in [5.41, 5.74) is 0.519. The van der Waals surface area contributed by atoms with Gasteiger partial charge in [0.2, 0.25) is 0 Å². The molecule has 1 aliphatic rings. The Hall–Kier alpha value is 0. The lowest BCUT2D eigenvalue weighted by Gasteiger charge is -2.44. The molecule has 0 aromatic rings. The summed E-state index contributed by atoms with van der Waals surface area (Å²) in [4.78, 5) is 0. The van der Waals surface area contributed by atoms with E-state index in [-0.39, 0.29) is 0 Å². The van der Waals surface area contributed by atoms with Crippen LogP contribution in [0.4, 0.5) is 0 Å². The highest BCUT2D eigenvalue weighted by Gasteiger charge is 2.37. The number of unbranched alkanes of at least 4 members (excludes halogenated alkanes) is 16. The highest BCUT2D eigenvalue weighted by molar-refractivity contribution is 4.88. The molecule has 0 aromatic carbocycles. The third-order valence-corrected chi connectivity index (χ3v) is 10.8. The molecule has 41 heavy (non-hydrogen) atoms. The van der Waals surface area contributed by atoms with Gasteiger partial charge in [0.15, 0.2) is 0 Å². The molecule has 0 bridgehead atoms. The molecule has 1 rings (SSSR count). The molecule has 0 nitrogen and oxygen atoms in total. The van der Waals surface area contributed by atoms with E-state index in [0.717, 1.165) is 29.6 Å². The van der Waals surface area contributed by atoms with E-state index >= 15 is 0 Å². The minimum absolute atomic E-state index is 0.519. The fraction of sp³-hybridized carbons (Fsp3) is 1.00. The molecule has 246 valence electrons. The number of hydrogen-bond acceptors (Lipinski definition) is 0. The van der Waals surface area contributed by atoms with Crippen molar-refractivity contribution in [3.8, 4) is 0 Å². The lowest BCUT2D eigenvalue weighted by Crippen LogP contribution is -2.35. The van der Waals surface area contributed by atoms with Crippen LogP contribution < -0.4 is 0 Å². The first-order valence-corrected chi connectivity index (χ1v) is 19.8. The average molecular weight is 575 g/mol. The van der Waals surface area contributed by atoms with Gasteiger partial charge in [-0.2, -0.15) is 0 Å². The maximum atomic E-state index is 2.40. The minimum atomic E-state index is 0.519. The molecule has 4 unspecified atom stereocenters. The summed E-state index contributed by atoms with van der Waals surface area (Å²) in [6, 6.07) is 0. The van der Waals surface area contributed by atoms with Gasteiger partial charge >= 0.3 is 0 Å². The van der Waals surface area contributed by atoms with Crippen LogP contribution in [0.1, 0.15) is 228 Å². The molecule has 0 amide bonds. The van der Waals surface area contributed by atoms with E-state index in [1.165, 1.54) is 141 Å². The third kappa shape index (κ3) is 21.4. The van der Waals surface area contributed by atoms with E-state index in [2.05, 4.69) is 48.5 Å². The smallest absolute Gasteiger partial charge is 0.0355 e. The Morgan fingerprint density at radius 2 is 0.829 bits per heavy atom. The highest BCUT2D eigenvalue weighted by atomic mass is 14.4. The SMILES string of the molecule is CCCCCCCC1C(CCCCC)CCC(CCCCCCCCC(C)(C)C)C1CCCCCCCCC(C)C. The molecule has 0 N–H and O–H groups in total. The summed E-state index contributed by atoms with van der Waals surface area (Å²) in [7, 11) is 0. The highest BCUT2D eigenvalue weighted by Crippen LogP contribution is 2.47. The molecular weight excluding hydrogens is 492 g/mol. The molecule has 4 atom stereocenters. The van der Waals surface area contributed by atoms with Gasteiger partial charge in [-0.1, -0.05) is 196 Å². The van der Waals surface area contributed by atoms with Gasteiger partial charge in [-0.15, -0.1) is 0 Å². The van der Waals surface area contributed by atoms with Crippen LogP contribution in [-0.4, -0.2) is 0 Å². The fourth-order valence-corrected chi connectivity index (χ4v) is 8.22. The Morgan fingerprint density at radius 3 is 1.29 bits per heavy atom. The van der Waals surface area contributed by atoms with Crippen LogP contribution in [0.5, 0.6) is 0 Å². The molecule has 1 fully saturated rings. The zero-order chi connectivity index (χ0) is 30.2. The van der Waals surface area contributed by atoms with Crippen molar-refractivity contribution >= 4 is 0 Å². The molecular formula is C41H82. The van der Waals surface area contributed by atoms with Gasteiger partial charge in [0, 0.05) is 0 Å². The molecule has 0 saturated heterocycles. The lowest BCUT2D eigenvalue weighted by molar-refractivity contribution is 0.0581. The van der Waals surface area contributed by atoms with Crippen molar-refractivity contribution in [3.63, 3.8) is 0 Å². The first-order valence-electron chi connectivity index (χ1n) is 19.8. The first-order chi connectivity index (χ1) is 19.8. The fourth-order valence-electron chi connectivity index (χ4n) is 8.22. The van der Waals surface area contributed by atoms with E-state index in [4.69, 9.17) is 0 Å². The molecule has 1 aliphatic carbocycles. The van der Waals surface area contributed by atoms with Crippen LogP contribution in [0, 0.1) is 35.0 Å². The van der Waals surface area contributed by atoms with Gasteiger partial charge in [0.1, 0.15) is 0 Å². The van der Waals surface area contributed by atoms with Gasteiger partial charge in [-0.05, 0) is 67.1 Å². The Kier molecular flexibility index (Phi) is 24.1. The van der Waals surface area contributed by atoms with Crippen molar-refractivity contribution in [3.05, 3.63) is 0 Å². The van der Waals surface area contributed by atoms with Crippen molar-refractivity contribution in [2.45, 2.75) is 228 Å². The molecule has 1 saturated carbocycles. The van der Waals surface area contributed by atoms with Crippen LogP contribution in [0.15, 0.2) is 0 Å². The Balaban J connectivity index is 2.63. The summed E-state index contributed by atoms with van der Waals surface area (Å²) >= 11 is 0. The third-order valence-electron chi connectivity index (χ3n) is 10.8. The van der Waals surface area contributed by atoms with Crippen LogP contribution in [0.3, 0.4) is 0 Å². The normalized spacial score (nSPS) is 21.7. The largest absolute Gasteiger partial charge is 0.0654 e. The predicted octanol–water partition coefficient (Wildman–Crippen LogP) is 15.1. The van der Waals surface area contributed by atoms with Crippen molar-refractivity contribution in [1.82, 2.24) is 0 Å². The Bertz CT molecular complexity index is 539. The maximum absolute atomic E-state index is 2.40. The van der Waals surface area contributed by atoms with E-state index in [1.54, 1.807) is 38.5 Å². The van der Waals surface area contributed by atoms with Crippen molar-refractivity contribution < 1.29 is 0 Å². The Morgan fingerprint density at radius 1 is 0.463 bits per heavy atom. The van der Waals surface area contributed by atoms with Crippen molar-refractivity contribution in [2.24, 2.45) is 35.0 Å². The van der Waals surface area contributed by atoms with Gasteiger partial charge < -0.3 is 0 Å². The summed E-state index contributed by atoms with van der Waals surface area (Å²) in [6.45, 7) is 16.7. The second kappa shape index (κ2) is 25.3. The van der Waals surface area contributed by atoms with Gasteiger partial charge in [-0.3, -0.25) is 0 Å². The summed E-state index contributed by atoms with van der Waals surface area (Å²) in [5, 5.41) is 0. The van der Waals surface area contributed by atoms with E-state index < -0.39 is 0 Å². The van der Waals surface area contributed by atoms with Crippen molar-refractivity contribution in [1.29, 1.82) is 0 Å². The van der Waals surface area contributed by atoms with E-state index in [1.807, 2.05) is 0 Å². The molecule has 0 radical (unpaired) electrons. The minimum Gasteiger partial charge on any atom is -0.0654 e. The van der Waals surface area contributed by atoms with Crippen LogP contribution in [0.2, 0.25) is 0 Å². The quantitative estimate of drug-likeness (QED) is 0.0856. The second-order valence-electron chi connectivity index (χ2n) is 16.4. The number of rotatable bonds is 27. The van der Waals surface area contributed by atoms with Gasteiger partial charge in [-0.25, -0.2) is 0 Å². The van der Waals surface area contributed by atoms with Crippen LogP contribution >= 0.6 is 0 Å². The second-order valence-corrected chi connectivity index (χ2v) is 16.4. The summed E-state index contributed by atoms with van der Waals surface area (Å²) in [5.74, 6) is 5.08. The maximum Gasteiger partial charge on any atom is -0.0355 e. The zero-order valence-electron chi connectivity index (χ0n) is 30.2. The summed E-state index contributed by atoms with van der Waals surface area (Å²) in [6.07, 6.45) is 41.6. The van der Waals surface area contributed by atoms with Crippen LogP contribution in [-0.2, 0) is 0 Å². The molecule has 0 aliphatic heterocycles. The first kappa shape index (κ1) is 39.0. The zero-order valence-corrected chi connectivity index (χ0v) is 30.2. The topological polar surface area (TPSA) is 0 Å². The predicted molar refractivity (Wildman–Crippen MR) is 189 cm³/mol.